The minimum atomic E-state index is -1.17. The molecule has 2 aromatic carbocycles. The molecule has 0 spiro atoms. The average molecular weight is 479 g/mol. The number of aliphatic carboxylic acids is 1. The van der Waals surface area contributed by atoms with Gasteiger partial charge >= 0.3 is 12.1 Å². The summed E-state index contributed by atoms with van der Waals surface area (Å²) in [5, 5.41) is 15.3. The smallest absolute Gasteiger partial charge is 0.408 e. The van der Waals surface area contributed by atoms with Gasteiger partial charge < -0.3 is 20.5 Å². The first kappa shape index (κ1) is 24.8. The first-order valence-electron chi connectivity index (χ1n) is 12.5. The van der Waals surface area contributed by atoms with Crippen LogP contribution in [0.1, 0.15) is 69.4 Å². The molecular formula is C28H34N2O5. The number of carbonyl (C=O) groups excluding carboxylic acids is 2. The molecule has 2 aliphatic rings. The second-order valence-corrected chi connectivity index (χ2v) is 9.72. The van der Waals surface area contributed by atoms with Crippen LogP contribution in [0.15, 0.2) is 48.5 Å². The largest absolute Gasteiger partial charge is 0.481 e. The molecule has 0 saturated heterocycles. The normalized spacial score (nSPS) is 16.3. The van der Waals surface area contributed by atoms with Crippen LogP contribution >= 0.6 is 0 Å². The lowest BCUT2D eigenvalue weighted by molar-refractivity contribution is -0.148. The number of rotatable bonds is 9. The number of carboxylic acid groups (broad SMARTS) is 1. The van der Waals surface area contributed by atoms with Crippen molar-refractivity contribution in [3.8, 4) is 11.1 Å². The summed E-state index contributed by atoms with van der Waals surface area (Å²) < 4.78 is 5.66. The van der Waals surface area contributed by atoms with Crippen molar-refractivity contribution in [3.63, 3.8) is 0 Å². The number of fused-ring (bicyclic) bond motifs is 3. The van der Waals surface area contributed by atoms with Gasteiger partial charge in [0.25, 0.3) is 0 Å². The van der Waals surface area contributed by atoms with E-state index in [1.54, 1.807) is 0 Å². The first-order chi connectivity index (χ1) is 16.9. The summed E-state index contributed by atoms with van der Waals surface area (Å²) in [6.07, 6.45) is 2.85. The molecule has 2 amide bonds. The van der Waals surface area contributed by atoms with Crippen molar-refractivity contribution in [2.45, 2.75) is 63.8 Å². The fraction of sp³-hybridized carbons (Fsp3) is 0.464. The SMILES string of the molecule is CCC(CC)(NC(=O)OCC1c2ccccc2-c2ccccc21)C(=O)NCC1(C(=O)O)CCCC1. The molecular weight excluding hydrogens is 444 g/mol. The van der Waals surface area contributed by atoms with Gasteiger partial charge in [-0.3, -0.25) is 9.59 Å². The molecule has 0 aliphatic heterocycles. The first-order valence-corrected chi connectivity index (χ1v) is 12.5. The van der Waals surface area contributed by atoms with Crippen molar-refractivity contribution < 1.29 is 24.2 Å². The van der Waals surface area contributed by atoms with E-state index < -0.39 is 23.0 Å². The standard InChI is InChI=1S/C28H34N2O5/c1-3-28(4-2,24(31)29-18-27(25(32)33)15-9-10-16-27)30-26(34)35-17-23-21-13-7-5-11-19(21)20-12-6-8-14-22(20)23/h5-8,11-14,23H,3-4,9-10,15-18H2,1-2H3,(H,29,31)(H,30,34)(H,32,33). The molecule has 3 N–H and O–H groups in total. The van der Waals surface area contributed by atoms with Gasteiger partial charge in [0.15, 0.2) is 0 Å². The second-order valence-electron chi connectivity index (χ2n) is 9.72. The monoisotopic (exact) mass is 478 g/mol. The van der Waals surface area contributed by atoms with Crippen LogP contribution in [0.25, 0.3) is 11.1 Å². The molecule has 186 valence electrons. The number of ether oxygens (including phenoxy) is 1. The van der Waals surface area contributed by atoms with Gasteiger partial charge in [0.1, 0.15) is 12.1 Å². The van der Waals surface area contributed by atoms with Crippen molar-refractivity contribution in [2.75, 3.05) is 13.2 Å². The third kappa shape index (κ3) is 4.64. The Kier molecular flexibility index (Phi) is 7.15. The van der Waals surface area contributed by atoms with Gasteiger partial charge in [0.05, 0.1) is 5.41 Å². The zero-order chi connectivity index (χ0) is 25.1. The number of carboxylic acids is 1. The van der Waals surface area contributed by atoms with Gasteiger partial charge in [0, 0.05) is 12.5 Å². The Balaban J connectivity index is 1.42. The minimum Gasteiger partial charge on any atom is -0.481 e. The zero-order valence-corrected chi connectivity index (χ0v) is 20.4. The maximum atomic E-state index is 13.2. The van der Waals surface area contributed by atoms with Crippen LogP contribution < -0.4 is 10.6 Å². The molecule has 7 heteroatoms. The van der Waals surface area contributed by atoms with Crippen LogP contribution in [0.2, 0.25) is 0 Å². The van der Waals surface area contributed by atoms with Crippen molar-refractivity contribution in [2.24, 2.45) is 5.41 Å². The van der Waals surface area contributed by atoms with Gasteiger partial charge in [0.2, 0.25) is 5.91 Å². The Labute approximate surface area is 206 Å². The van der Waals surface area contributed by atoms with E-state index in [0.717, 1.165) is 35.1 Å². The van der Waals surface area contributed by atoms with E-state index in [9.17, 15) is 19.5 Å². The van der Waals surface area contributed by atoms with Gasteiger partial charge in [-0.05, 0) is 47.9 Å². The molecule has 2 aliphatic carbocycles. The lowest BCUT2D eigenvalue weighted by Crippen LogP contribution is -2.59. The van der Waals surface area contributed by atoms with E-state index in [-0.39, 0.29) is 25.0 Å². The number of hydrogen-bond donors (Lipinski definition) is 3. The van der Waals surface area contributed by atoms with Crippen LogP contribution in [0.5, 0.6) is 0 Å². The van der Waals surface area contributed by atoms with Crippen LogP contribution in [0.3, 0.4) is 0 Å². The summed E-state index contributed by atoms with van der Waals surface area (Å²) in [6.45, 7) is 3.88. The second kappa shape index (κ2) is 10.1. The molecule has 0 unspecified atom stereocenters. The van der Waals surface area contributed by atoms with Gasteiger partial charge in [-0.15, -0.1) is 0 Å². The highest BCUT2D eigenvalue weighted by atomic mass is 16.5. The quantitative estimate of drug-likeness (QED) is 0.478. The van der Waals surface area contributed by atoms with Gasteiger partial charge in [-0.25, -0.2) is 4.79 Å². The molecule has 0 atom stereocenters. The number of benzene rings is 2. The van der Waals surface area contributed by atoms with E-state index in [1.807, 2.05) is 38.1 Å². The maximum Gasteiger partial charge on any atom is 0.408 e. The predicted octanol–water partition coefficient (Wildman–Crippen LogP) is 4.85. The fourth-order valence-electron chi connectivity index (χ4n) is 5.57. The number of alkyl carbamates (subject to hydrolysis) is 1. The summed E-state index contributed by atoms with van der Waals surface area (Å²) >= 11 is 0. The van der Waals surface area contributed by atoms with E-state index in [1.165, 1.54) is 0 Å². The highest BCUT2D eigenvalue weighted by Crippen LogP contribution is 2.44. The number of carbonyl (C=O) groups is 3. The van der Waals surface area contributed by atoms with Crippen molar-refractivity contribution in [1.29, 1.82) is 0 Å². The minimum absolute atomic E-state index is 0.0648. The topological polar surface area (TPSA) is 105 Å². The summed E-state index contributed by atoms with van der Waals surface area (Å²) in [5.74, 6) is -1.32. The molecule has 1 fully saturated rings. The number of hydrogen-bond acceptors (Lipinski definition) is 4. The summed E-state index contributed by atoms with van der Waals surface area (Å²) in [7, 11) is 0. The van der Waals surface area contributed by atoms with Crippen LogP contribution in [-0.4, -0.2) is 41.8 Å². The molecule has 1 saturated carbocycles. The predicted molar refractivity (Wildman–Crippen MR) is 133 cm³/mol. The van der Waals surface area contributed by atoms with E-state index >= 15 is 0 Å². The van der Waals surface area contributed by atoms with Gasteiger partial charge in [-0.2, -0.15) is 0 Å². The highest BCUT2D eigenvalue weighted by molar-refractivity contribution is 5.90. The summed E-state index contributed by atoms with van der Waals surface area (Å²) in [6, 6.07) is 16.2. The fourth-order valence-corrected chi connectivity index (χ4v) is 5.57. The third-order valence-corrected chi connectivity index (χ3v) is 7.93. The van der Waals surface area contributed by atoms with E-state index in [4.69, 9.17) is 4.74 Å². The molecule has 4 rings (SSSR count). The van der Waals surface area contributed by atoms with E-state index in [2.05, 4.69) is 34.9 Å². The maximum absolute atomic E-state index is 13.2. The Hall–Kier alpha value is -3.35. The third-order valence-electron chi connectivity index (χ3n) is 7.93. The number of nitrogens with one attached hydrogen (secondary N) is 2. The Bertz CT molecular complexity index is 1060. The molecule has 0 radical (unpaired) electrons. The Morgan fingerprint density at radius 1 is 0.971 bits per heavy atom. The summed E-state index contributed by atoms with van der Waals surface area (Å²) in [4.78, 5) is 37.9. The van der Waals surface area contributed by atoms with Crippen LogP contribution in [0.4, 0.5) is 4.79 Å². The van der Waals surface area contributed by atoms with Crippen molar-refractivity contribution in [3.05, 3.63) is 59.7 Å². The Morgan fingerprint density at radius 2 is 1.51 bits per heavy atom. The van der Waals surface area contributed by atoms with Crippen LogP contribution in [-0.2, 0) is 14.3 Å². The van der Waals surface area contributed by atoms with E-state index in [0.29, 0.717) is 25.7 Å². The van der Waals surface area contributed by atoms with Gasteiger partial charge in [-0.1, -0.05) is 75.2 Å². The molecule has 2 aromatic rings. The molecule has 0 aromatic heterocycles. The summed E-state index contributed by atoms with van der Waals surface area (Å²) in [5.41, 5.74) is 2.44. The lowest BCUT2D eigenvalue weighted by atomic mass is 9.85. The van der Waals surface area contributed by atoms with Crippen molar-refractivity contribution in [1.82, 2.24) is 10.6 Å². The Morgan fingerprint density at radius 3 is 2.03 bits per heavy atom. The molecule has 7 nitrogen and oxygen atoms in total. The molecule has 0 bridgehead atoms. The number of amides is 2. The highest BCUT2D eigenvalue weighted by Gasteiger charge is 2.44. The lowest BCUT2D eigenvalue weighted by Gasteiger charge is -2.33. The average Bonchev–Trinajstić information content (AvgIpc) is 3.49. The van der Waals surface area contributed by atoms with Crippen molar-refractivity contribution >= 4 is 18.0 Å². The molecule has 0 heterocycles. The van der Waals surface area contributed by atoms with Crippen LogP contribution in [0, 0.1) is 5.41 Å². The zero-order valence-electron chi connectivity index (χ0n) is 20.4. The molecule has 35 heavy (non-hydrogen) atoms.